The Labute approximate surface area is 166 Å². The third-order valence-electron chi connectivity index (χ3n) is 4.48. The molecule has 0 fully saturated rings. The van der Waals surface area contributed by atoms with Gasteiger partial charge in [0.15, 0.2) is 5.16 Å². The van der Waals surface area contributed by atoms with E-state index < -0.39 is 5.66 Å². The van der Waals surface area contributed by atoms with Gasteiger partial charge in [-0.15, -0.1) is 0 Å². The van der Waals surface area contributed by atoms with Crippen molar-refractivity contribution in [2.45, 2.75) is 17.2 Å². The van der Waals surface area contributed by atoms with Gasteiger partial charge in [-0.2, -0.15) is 0 Å². The second-order valence-corrected chi connectivity index (χ2v) is 7.85. The van der Waals surface area contributed by atoms with Gasteiger partial charge in [-0.3, -0.25) is 0 Å². The maximum absolute atomic E-state index is 9.57. The van der Waals surface area contributed by atoms with Crippen LogP contribution in [0.5, 0.6) is 0 Å². The van der Waals surface area contributed by atoms with Crippen LogP contribution in [0.25, 0.3) is 11.3 Å². The Hall–Kier alpha value is -2.35. The van der Waals surface area contributed by atoms with Crippen molar-refractivity contribution in [2.24, 2.45) is 0 Å². The molecule has 1 atom stereocenters. The average Bonchev–Trinajstić information content (AvgIpc) is 3.21. The first kappa shape index (κ1) is 18.0. The molecule has 1 aliphatic heterocycles. The fourth-order valence-electron chi connectivity index (χ4n) is 3.16. The van der Waals surface area contributed by atoms with Gasteiger partial charge in [0.1, 0.15) is 5.66 Å². The van der Waals surface area contributed by atoms with Crippen LogP contribution in [0.2, 0.25) is 5.02 Å². The molecule has 0 saturated heterocycles. The maximum Gasteiger partial charge on any atom is 0.187 e. The molecule has 0 radical (unpaired) electrons. The first-order valence-corrected chi connectivity index (χ1v) is 9.94. The second kappa shape index (κ2) is 7.34. The highest BCUT2D eigenvalue weighted by Gasteiger charge is 2.36. The summed E-state index contributed by atoms with van der Waals surface area (Å²) in [5.41, 5.74) is 3.25. The summed E-state index contributed by atoms with van der Waals surface area (Å²) in [6.07, 6.45) is 2.35. The number of nitrogen functional groups attached to an aromatic ring is 1. The lowest BCUT2D eigenvalue weighted by molar-refractivity contribution is 0.266. The topological polar surface area (TPSA) is 88.1 Å². The molecule has 8 heteroatoms. The van der Waals surface area contributed by atoms with Gasteiger partial charge < -0.3 is 21.6 Å². The molecule has 2 aromatic carbocycles. The van der Waals surface area contributed by atoms with Crippen molar-refractivity contribution in [1.29, 1.82) is 0 Å². The number of imidazole rings is 1. The number of nitrogens with two attached hydrogens (primary N) is 1. The summed E-state index contributed by atoms with van der Waals surface area (Å²) < 4.78 is 1.54. The van der Waals surface area contributed by atoms with E-state index in [0.717, 1.165) is 22.6 Å². The lowest BCUT2D eigenvalue weighted by atomic mass is 10.1. The first-order valence-electron chi connectivity index (χ1n) is 8.58. The molecule has 1 aromatic heterocycles. The number of aliphatic hydroxyl groups excluding tert-OH is 1. The largest absolute Gasteiger partial charge is 0.396 e. The minimum absolute atomic E-state index is 0.0502. The van der Waals surface area contributed by atoms with E-state index in [1.807, 2.05) is 54.7 Å². The Morgan fingerprint density at radius 2 is 1.93 bits per heavy atom. The predicted molar refractivity (Wildman–Crippen MR) is 112 cm³/mol. The number of hydrogen-bond acceptors (Lipinski definition) is 6. The third-order valence-corrected chi connectivity index (χ3v) is 5.92. The van der Waals surface area contributed by atoms with Crippen molar-refractivity contribution < 1.29 is 5.11 Å². The minimum atomic E-state index is -0.495. The van der Waals surface area contributed by atoms with E-state index in [-0.39, 0.29) is 6.61 Å². The van der Waals surface area contributed by atoms with E-state index in [9.17, 15) is 5.11 Å². The standard InChI is InChI=1S/C19H20ClN5OS/c20-14-6-7-15-16(10-14)24-19(23-15,8-9-26)12-27-18-22-17(11-25(18)21)13-4-2-1-3-5-13/h1-7,10-11,23-24,26H,8-9,12,21H2. The molecule has 5 N–H and O–H groups in total. The van der Waals surface area contributed by atoms with Crippen LogP contribution in [-0.2, 0) is 0 Å². The quantitative estimate of drug-likeness (QED) is 0.372. The SMILES string of the molecule is Nn1cc(-c2ccccc2)nc1SCC1(CCO)Nc2ccc(Cl)cc2N1. The molecule has 140 valence electrons. The number of nitrogens with one attached hydrogen (secondary N) is 2. The van der Waals surface area contributed by atoms with Gasteiger partial charge in [0.05, 0.1) is 23.3 Å². The molecule has 1 aliphatic rings. The highest BCUT2D eigenvalue weighted by Crippen LogP contribution is 2.39. The summed E-state index contributed by atoms with van der Waals surface area (Å²) in [7, 11) is 0. The van der Waals surface area contributed by atoms with Crippen LogP contribution >= 0.6 is 23.4 Å². The van der Waals surface area contributed by atoms with Crippen molar-refractivity contribution in [2.75, 3.05) is 28.8 Å². The van der Waals surface area contributed by atoms with E-state index in [2.05, 4.69) is 15.6 Å². The van der Waals surface area contributed by atoms with Crippen LogP contribution in [0.3, 0.4) is 0 Å². The van der Waals surface area contributed by atoms with Crippen LogP contribution in [-0.4, -0.2) is 32.8 Å². The molecule has 0 amide bonds. The molecule has 0 bridgehead atoms. The molecule has 0 saturated carbocycles. The number of aliphatic hydroxyl groups is 1. The highest BCUT2D eigenvalue weighted by atomic mass is 35.5. The Kier molecular flexibility index (Phi) is 4.90. The number of nitrogens with zero attached hydrogens (tertiary/aromatic N) is 2. The molecule has 27 heavy (non-hydrogen) atoms. The smallest absolute Gasteiger partial charge is 0.187 e. The van der Waals surface area contributed by atoms with Gasteiger partial charge in [-0.1, -0.05) is 53.7 Å². The van der Waals surface area contributed by atoms with Gasteiger partial charge in [-0.05, 0) is 18.2 Å². The monoisotopic (exact) mass is 401 g/mol. The second-order valence-electron chi connectivity index (χ2n) is 6.47. The number of halogens is 1. The first-order chi connectivity index (χ1) is 13.1. The molecular weight excluding hydrogens is 382 g/mol. The lowest BCUT2D eigenvalue weighted by Crippen LogP contribution is -2.45. The Balaban J connectivity index is 1.52. The summed E-state index contributed by atoms with van der Waals surface area (Å²) in [5, 5.41) is 17.9. The number of benzene rings is 2. The van der Waals surface area contributed by atoms with E-state index in [1.54, 1.807) is 4.68 Å². The van der Waals surface area contributed by atoms with Crippen LogP contribution in [0.15, 0.2) is 59.9 Å². The molecular formula is C19H20ClN5OS. The molecule has 1 unspecified atom stereocenters. The fraction of sp³-hybridized carbons (Fsp3) is 0.211. The van der Waals surface area contributed by atoms with Crippen molar-refractivity contribution in [1.82, 2.24) is 9.66 Å². The number of hydrogen-bond donors (Lipinski definition) is 4. The number of fused-ring (bicyclic) bond motifs is 1. The Bertz CT molecular complexity index is 949. The maximum atomic E-state index is 9.57. The number of anilines is 2. The van der Waals surface area contributed by atoms with Crippen LogP contribution < -0.4 is 16.5 Å². The van der Waals surface area contributed by atoms with E-state index >= 15 is 0 Å². The van der Waals surface area contributed by atoms with Gasteiger partial charge >= 0.3 is 0 Å². The normalized spacial score (nSPS) is 18.0. The highest BCUT2D eigenvalue weighted by molar-refractivity contribution is 7.99. The zero-order valence-corrected chi connectivity index (χ0v) is 16.1. The van der Waals surface area contributed by atoms with E-state index in [0.29, 0.717) is 22.4 Å². The Morgan fingerprint density at radius 1 is 1.15 bits per heavy atom. The summed E-state index contributed by atoms with van der Waals surface area (Å²) in [4.78, 5) is 4.66. The summed E-state index contributed by atoms with van der Waals surface area (Å²) >= 11 is 7.63. The zero-order chi connectivity index (χ0) is 18.9. The third kappa shape index (κ3) is 3.71. The van der Waals surface area contributed by atoms with Gasteiger partial charge in [0.25, 0.3) is 0 Å². The van der Waals surface area contributed by atoms with Crippen LogP contribution in [0.4, 0.5) is 11.4 Å². The predicted octanol–water partition coefficient (Wildman–Crippen LogP) is 3.63. The molecule has 4 rings (SSSR count). The lowest BCUT2D eigenvalue weighted by Gasteiger charge is -2.29. The number of rotatable bonds is 6. The van der Waals surface area contributed by atoms with E-state index in [4.69, 9.17) is 17.4 Å². The molecule has 3 aromatic rings. The van der Waals surface area contributed by atoms with E-state index in [1.165, 1.54) is 11.8 Å². The average molecular weight is 402 g/mol. The van der Waals surface area contributed by atoms with Gasteiger partial charge in [-0.25, -0.2) is 9.66 Å². The molecule has 2 heterocycles. The summed E-state index contributed by atoms with van der Waals surface area (Å²) in [5.74, 6) is 6.74. The number of thioether (sulfide) groups is 1. The fourth-order valence-corrected chi connectivity index (χ4v) is 4.36. The molecule has 0 aliphatic carbocycles. The summed E-state index contributed by atoms with van der Waals surface area (Å²) in [6.45, 7) is 0.0502. The van der Waals surface area contributed by atoms with Crippen LogP contribution in [0.1, 0.15) is 6.42 Å². The van der Waals surface area contributed by atoms with Crippen molar-refractivity contribution in [3.63, 3.8) is 0 Å². The number of aromatic nitrogens is 2. The zero-order valence-electron chi connectivity index (χ0n) is 14.5. The van der Waals surface area contributed by atoms with Crippen molar-refractivity contribution in [3.8, 4) is 11.3 Å². The Morgan fingerprint density at radius 3 is 2.70 bits per heavy atom. The van der Waals surface area contributed by atoms with Crippen LogP contribution in [0, 0.1) is 0 Å². The van der Waals surface area contributed by atoms with Crippen molar-refractivity contribution >= 4 is 34.7 Å². The molecule has 0 spiro atoms. The van der Waals surface area contributed by atoms with Gasteiger partial charge in [0, 0.05) is 29.4 Å². The minimum Gasteiger partial charge on any atom is -0.396 e. The summed E-state index contributed by atoms with van der Waals surface area (Å²) in [6, 6.07) is 15.6. The van der Waals surface area contributed by atoms with Gasteiger partial charge in [0.2, 0.25) is 0 Å². The molecule has 6 nitrogen and oxygen atoms in total. The van der Waals surface area contributed by atoms with Crippen molar-refractivity contribution in [3.05, 3.63) is 59.8 Å².